The first-order valence-electron chi connectivity index (χ1n) is 4.59. The monoisotopic (exact) mass is 282 g/mol. The van der Waals surface area contributed by atoms with Gasteiger partial charge in [-0.3, -0.25) is 0 Å². The van der Waals surface area contributed by atoms with Crippen molar-refractivity contribution in [3.05, 3.63) is 28.3 Å². The van der Waals surface area contributed by atoms with Gasteiger partial charge in [0.1, 0.15) is 5.75 Å². The summed E-state index contributed by atoms with van der Waals surface area (Å²) in [6, 6.07) is 3.58. The number of methoxy groups -OCH3 is 1. The minimum atomic E-state index is -3.52. The van der Waals surface area contributed by atoms with E-state index in [0.717, 1.165) is 5.56 Å². The van der Waals surface area contributed by atoms with E-state index in [1.165, 1.54) is 7.11 Å². The lowest BCUT2D eigenvalue weighted by Crippen LogP contribution is -2.04. The zero-order valence-corrected chi connectivity index (χ0v) is 11.3. The molecule has 0 saturated carbocycles. The average molecular weight is 283 g/mol. The van der Waals surface area contributed by atoms with E-state index in [0.29, 0.717) is 16.3 Å². The zero-order valence-electron chi connectivity index (χ0n) is 8.96. The summed E-state index contributed by atoms with van der Waals surface area (Å²) < 4.78 is 26.9. The van der Waals surface area contributed by atoms with Gasteiger partial charge in [-0.25, -0.2) is 8.42 Å². The van der Waals surface area contributed by atoms with Gasteiger partial charge in [0, 0.05) is 16.2 Å². The van der Waals surface area contributed by atoms with Crippen molar-refractivity contribution >= 4 is 31.3 Å². The minimum absolute atomic E-state index is 0.159. The molecule has 0 saturated heterocycles. The number of benzene rings is 1. The third kappa shape index (κ3) is 3.54. The second kappa shape index (κ2) is 5.25. The van der Waals surface area contributed by atoms with Crippen molar-refractivity contribution in [3.63, 3.8) is 0 Å². The molecule has 3 nitrogen and oxygen atoms in total. The topological polar surface area (TPSA) is 43.4 Å². The number of halogens is 2. The summed E-state index contributed by atoms with van der Waals surface area (Å²) in [6.45, 7) is 1.85. The lowest BCUT2D eigenvalue weighted by atomic mass is 10.1. The Morgan fingerprint density at radius 3 is 2.50 bits per heavy atom. The van der Waals surface area contributed by atoms with E-state index in [1.54, 1.807) is 6.07 Å². The average Bonchev–Trinajstić information content (AvgIpc) is 2.19. The highest BCUT2D eigenvalue weighted by atomic mass is 35.7. The first kappa shape index (κ1) is 13.6. The van der Waals surface area contributed by atoms with E-state index >= 15 is 0 Å². The van der Waals surface area contributed by atoms with Crippen LogP contribution in [-0.4, -0.2) is 21.3 Å². The fourth-order valence-electron chi connectivity index (χ4n) is 1.37. The predicted octanol–water partition coefficient (Wildman–Crippen LogP) is 2.77. The van der Waals surface area contributed by atoms with E-state index < -0.39 is 9.05 Å². The molecule has 90 valence electrons. The van der Waals surface area contributed by atoms with E-state index in [-0.39, 0.29) is 12.2 Å². The molecule has 0 aliphatic heterocycles. The smallest absolute Gasteiger partial charge is 0.232 e. The van der Waals surface area contributed by atoms with Crippen molar-refractivity contribution in [3.8, 4) is 5.75 Å². The molecule has 0 aromatic heterocycles. The minimum Gasteiger partial charge on any atom is -0.496 e. The fourth-order valence-corrected chi connectivity index (χ4v) is 2.30. The molecule has 0 fully saturated rings. The second-order valence-electron chi connectivity index (χ2n) is 3.37. The van der Waals surface area contributed by atoms with Gasteiger partial charge >= 0.3 is 0 Å². The fraction of sp³-hybridized carbons (Fsp3) is 0.400. The summed E-state index contributed by atoms with van der Waals surface area (Å²) in [5.41, 5.74) is 1.55. The van der Waals surface area contributed by atoms with Gasteiger partial charge < -0.3 is 4.74 Å². The highest BCUT2D eigenvalue weighted by Crippen LogP contribution is 2.30. The largest absolute Gasteiger partial charge is 0.496 e. The summed E-state index contributed by atoms with van der Waals surface area (Å²) in [6.07, 6.45) is 0.246. The lowest BCUT2D eigenvalue weighted by Gasteiger charge is -2.11. The van der Waals surface area contributed by atoms with Crippen LogP contribution in [-0.2, 0) is 15.5 Å². The zero-order chi connectivity index (χ0) is 12.3. The van der Waals surface area contributed by atoms with Crippen molar-refractivity contribution in [2.24, 2.45) is 0 Å². The molecule has 6 heteroatoms. The maximum absolute atomic E-state index is 10.9. The highest BCUT2D eigenvalue weighted by Gasteiger charge is 2.13. The van der Waals surface area contributed by atoms with Crippen molar-refractivity contribution in [1.29, 1.82) is 0 Å². The summed E-state index contributed by atoms with van der Waals surface area (Å²) in [5.74, 6) is 0.421. The van der Waals surface area contributed by atoms with Crippen LogP contribution in [0, 0.1) is 6.92 Å². The van der Waals surface area contributed by atoms with E-state index in [4.69, 9.17) is 27.0 Å². The van der Waals surface area contributed by atoms with Crippen LogP contribution in [0.5, 0.6) is 5.75 Å². The molecule has 0 atom stereocenters. The van der Waals surface area contributed by atoms with Crippen LogP contribution in [0.2, 0.25) is 5.02 Å². The Morgan fingerprint density at radius 1 is 1.38 bits per heavy atom. The molecule has 0 N–H and O–H groups in total. The number of hydrogen-bond donors (Lipinski definition) is 0. The molecule has 0 unspecified atom stereocenters. The molecule has 0 aliphatic rings. The van der Waals surface area contributed by atoms with Crippen molar-refractivity contribution in [2.45, 2.75) is 13.3 Å². The summed E-state index contributed by atoms with van der Waals surface area (Å²) in [4.78, 5) is 0. The van der Waals surface area contributed by atoms with Crippen LogP contribution < -0.4 is 4.74 Å². The maximum atomic E-state index is 10.9. The van der Waals surface area contributed by atoms with Crippen LogP contribution in [0.4, 0.5) is 0 Å². The third-order valence-corrected chi connectivity index (χ3v) is 3.89. The first-order chi connectivity index (χ1) is 7.35. The van der Waals surface area contributed by atoms with Crippen LogP contribution in [0.3, 0.4) is 0 Å². The van der Waals surface area contributed by atoms with Gasteiger partial charge in [0.2, 0.25) is 9.05 Å². The Kier molecular flexibility index (Phi) is 4.47. The van der Waals surface area contributed by atoms with Gasteiger partial charge in [0.25, 0.3) is 0 Å². The van der Waals surface area contributed by atoms with Gasteiger partial charge in [0.15, 0.2) is 0 Å². The van der Waals surface area contributed by atoms with Gasteiger partial charge in [-0.1, -0.05) is 17.7 Å². The van der Waals surface area contributed by atoms with E-state index in [2.05, 4.69) is 0 Å². The van der Waals surface area contributed by atoms with Gasteiger partial charge in [0.05, 0.1) is 17.9 Å². The summed E-state index contributed by atoms with van der Waals surface area (Å²) in [5, 5.41) is 0.527. The van der Waals surface area contributed by atoms with Gasteiger partial charge in [-0.05, 0) is 25.0 Å². The van der Waals surface area contributed by atoms with E-state index in [1.807, 2.05) is 13.0 Å². The summed E-state index contributed by atoms with van der Waals surface area (Å²) >= 11 is 6.09. The Labute approximate surface area is 105 Å². The Morgan fingerprint density at radius 2 is 2.00 bits per heavy atom. The van der Waals surface area contributed by atoms with Crippen molar-refractivity contribution in [1.82, 2.24) is 0 Å². The highest BCUT2D eigenvalue weighted by molar-refractivity contribution is 8.13. The molecule has 0 spiro atoms. The molecule has 0 aliphatic carbocycles. The number of aryl methyl sites for hydroxylation is 1. The predicted molar refractivity (Wildman–Crippen MR) is 66.1 cm³/mol. The maximum Gasteiger partial charge on any atom is 0.232 e. The van der Waals surface area contributed by atoms with Crippen LogP contribution in [0.1, 0.15) is 11.1 Å². The Hall–Kier alpha value is -0.450. The molecule has 0 bridgehead atoms. The number of rotatable bonds is 4. The van der Waals surface area contributed by atoms with Crippen LogP contribution in [0.15, 0.2) is 12.1 Å². The molecule has 0 radical (unpaired) electrons. The quantitative estimate of drug-likeness (QED) is 0.798. The SMILES string of the molecule is COc1ccc(C)c(Cl)c1CCS(=O)(=O)Cl. The standard InChI is InChI=1S/C10H12Cl2O3S/c1-7-3-4-9(15-2)8(10(7)11)5-6-16(12,13)14/h3-4H,5-6H2,1-2H3. The van der Waals surface area contributed by atoms with E-state index in [9.17, 15) is 8.42 Å². The summed E-state index contributed by atoms with van der Waals surface area (Å²) in [7, 11) is 3.15. The van der Waals surface area contributed by atoms with Crippen LogP contribution in [0.25, 0.3) is 0 Å². The molecule has 0 heterocycles. The van der Waals surface area contributed by atoms with Gasteiger partial charge in [-0.15, -0.1) is 0 Å². The normalized spacial score (nSPS) is 11.5. The molecule has 1 aromatic carbocycles. The Bertz CT molecular complexity index is 483. The van der Waals surface area contributed by atoms with Crippen molar-refractivity contribution < 1.29 is 13.2 Å². The van der Waals surface area contributed by atoms with Crippen molar-refractivity contribution in [2.75, 3.05) is 12.9 Å². The number of ether oxygens (including phenoxy) is 1. The molecular formula is C10H12Cl2O3S. The second-order valence-corrected chi connectivity index (χ2v) is 6.64. The first-order valence-corrected chi connectivity index (χ1v) is 7.45. The third-order valence-electron chi connectivity index (χ3n) is 2.21. The molecular weight excluding hydrogens is 271 g/mol. The molecule has 1 rings (SSSR count). The van der Waals surface area contributed by atoms with Crippen LogP contribution >= 0.6 is 22.3 Å². The van der Waals surface area contributed by atoms with Gasteiger partial charge in [-0.2, -0.15) is 0 Å². The number of hydrogen-bond acceptors (Lipinski definition) is 3. The molecule has 0 amide bonds. The Balaban J connectivity index is 3.06. The lowest BCUT2D eigenvalue weighted by molar-refractivity contribution is 0.410. The molecule has 16 heavy (non-hydrogen) atoms. The molecule has 1 aromatic rings.